The van der Waals surface area contributed by atoms with E-state index < -0.39 is 0 Å². The Kier molecular flexibility index (Phi) is 10.7. The van der Waals surface area contributed by atoms with Crippen LogP contribution in [0, 0.1) is 0 Å². The zero-order valence-electron chi connectivity index (χ0n) is 21.6. The number of nitrogens with zero attached hydrogens (tertiary/aromatic N) is 4. The van der Waals surface area contributed by atoms with Gasteiger partial charge in [0.25, 0.3) is 0 Å². The van der Waals surface area contributed by atoms with E-state index in [1.165, 1.54) is 16.0 Å². The molecule has 0 bridgehead atoms. The molecule has 0 saturated carbocycles. The molecule has 0 aliphatic heterocycles. The van der Waals surface area contributed by atoms with Gasteiger partial charge in [0.1, 0.15) is 0 Å². The summed E-state index contributed by atoms with van der Waals surface area (Å²) in [6, 6.07) is 20.3. The summed E-state index contributed by atoms with van der Waals surface area (Å²) in [6.07, 6.45) is 4.22. The van der Waals surface area contributed by atoms with Gasteiger partial charge in [-0.05, 0) is 42.3 Å². The van der Waals surface area contributed by atoms with E-state index in [-0.39, 0.29) is 17.9 Å². The van der Waals surface area contributed by atoms with Gasteiger partial charge in [0.2, 0.25) is 11.8 Å². The maximum atomic E-state index is 12.5. The Morgan fingerprint density at radius 2 is 1.36 bits per heavy atom. The van der Waals surface area contributed by atoms with Crippen LogP contribution in [0.5, 0.6) is 0 Å². The van der Waals surface area contributed by atoms with Crippen LogP contribution in [0.1, 0.15) is 56.1 Å². The van der Waals surface area contributed by atoms with Crippen LogP contribution in [-0.2, 0) is 35.8 Å². The number of amides is 2. The van der Waals surface area contributed by atoms with Gasteiger partial charge in [-0.3, -0.25) is 29.4 Å². The van der Waals surface area contributed by atoms with Crippen molar-refractivity contribution < 1.29 is 9.59 Å². The topological polar surface area (TPSA) is 78.4 Å². The summed E-state index contributed by atoms with van der Waals surface area (Å²) in [5.41, 5.74) is 4.34. The second kappa shape index (κ2) is 14.2. The van der Waals surface area contributed by atoms with Crippen molar-refractivity contribution in [3.8, 4) is 0 Å². The van der Waals surface area contributed by atoms with Crippen molar-refractivity contribution in [3.63, 3.8) is 0 Å². The average molecular weight is 488 g/mol. The average Bonchev–Trinajstić information content (AvgIpc) is 2.92. The normalized spacial score (nSPS) is 11.9. The lowest BCUT2D eigenvalue weighted by atomic mass is 10.1. The highest BCUT2D eigenvalue weighted by Gasteiger charge is 2.24. The van der Waals surface area contributed by atoms with Crippen LogP contribution < -0.4 is 5.32 Å². The first-order chi connectivity index (χ1) is 17.5. The number of hydrogen-bond acceptors (Lipinski definition) is 6. The molecule has 7 nitrogen and oxygen atoms in total. The highest BCUT2D eigenvalue weighted by Crippen LogP contribution is 2.15. The number of hydrogen-bond donors (Lipinski definition) is 1. The van der Waals surface area contributed by atoms with Crippen LogP contribution in [0.4, 0.5) is 0 Å². The Balaban J connectivity index is 1.67. The number of carbonyl (C=O) groups excluding carboxylic acids is 2. The monoisotopic (exact) mass is 487 g/mol. The number of benzene rings is 1. The number of imide groups is 1. The minimum atomic E-state index is -0.131. The maximum absolute atomic E-state index is 12.5. The van der Waals surface area contributed by atoms with Crippen LogP contribution in [0.25, 0.3) is 0 Å². The van der Waals surface area contributed by atoms with Crippen molar-refractivity contribution in [2.24, 2.45) is 0 Å². The molecule has 3 rings (SSSR count). The van der Waals surface area contributed by atoms with E-state index in [9.17, 15) is 9.59 Å². The van der Waals surface area contributed by atoms with Crippen molar-refractivity contribution in [1.82, 2.24) is 25.1 Å². The number of rotatable bonds is 13. The number of nitrogens with one attached hydrogen (secondary N) is 1. The molecular formula is C29H37N5O2. The van der Waals surface area contributed by atoms with Crippen LogP contribution in [-0.4, -0.2) is 44.2 Å². The second-order valence-electron chi connectivity index (χ2n) is 8.92. The standard InChI is InChI=1S/C29H37N5O2/c1-4-28(35)34(29(36)5-2)20-23(3)33(22-27-11-7-9-17-32-27)21-25-14-12-24(13-15-25)18-30-19-26-10-6-8-16-31-26/h6-17,23,30H,4-5,18-22H2,1-3H3. The van der Waals surface area contributed by atoms with Crippen molar-refractivity contribution in [3.05, 3.63) is 95.6 Å². The first kappa shape index (κ1) is 27.2. The van der Waals surface area contributed by atoms with Crippen molar-refractivity contribution in [2.75, 3.05) is 6.54 Å². The minimum absolute atomic E-state index is 0.0299. The molecule has 2 aromatic heterocycles. The maximum Gasteiger partial charge on any atom is 0.228 e. The molecule has 2 amide bonds. The molecule has 0 spiro atoms. The van der Waals surface area contributed by atoms with Crippen LogP contribution in [0.2, 0.25) is 0 Å². The smallest absolute Gasteiger partial charge is 0.228 e. The van der Waals surface area contributed by atoms with Gasteiger partial charge in [0, 0.05) is 64.0 Å². The zero-order chi connectivity index (χ0) is 25.8. The fourth-order valence-corrected chi connectivity index (χ4v) is 4.01. The van der Waals surface area contributed by atoms with Gasteiger partial charge in [0.05, 0.1) is 11.4 Å². The molecule has 36 heavy (non-hydrogen) atoms. The summed E-state index contributed by atoms with van der Waals surface area (Å²) >= 11 is 0. The quantitative estimate of drug-likeness (QED) is 0.387. The summed E-state index contributed by atoms with van der Waals surface area (Å²) < 4.78 is 0. The molecule has 2 heterocycles. The Bertz CT molecular complexity index is 1060. The Morgan fingerprint density at radius 1 is 0.778 bits per heavy atom. The van der Waals surface area contributed by atoms with Gasteiger partial charge in [0.15, 0.2) is 0 Å². The SMILES string of the molecule is CCC(=O)N(CC(C)N(Cc1ccc(CNCc2ccccn2)cc1)Cc1ccccn1)C(=O)CC. The lowest BCUT2D eigenvalue weighted by molar-refractivity contribution is -0.145. The first-order valence-electron chi connectivity index (χ1n) is 12.7. The van der Waals surface area contributed by atoms with E-state index in [0.717, 1.165) is 24.5 Å². The van der Waals surface area contributed by atoms with Gasteiger partial charge in [-0.15, -0.1) is 0 Å². The van der Waals surface area contributed by atoms with E-state index in [4.69, 9.17) is 0 Å². The summed E-state index contributed by atoms with van der Waals surface area (Å²) in [5, 5.41) is 3.43. The van der Waals surface area contributed by atoms with E-state index >= 15 is 0 Å². The van der Waals surface area contributed by atoms with Gasteiger partial charge in [-0.25, -0.2) is 0 Å². The van der Waals surface area contributed by atoms with Crippen LogP contribution in [0.3, 0.4) is 0 Å². The molecule has 0 aliphatic carbocycles. The summed E-state index contributed by atoms with van der Waals surface area (Å²) in [7, 11) is 0. The summed E-state index contributed by atoms with van der Waals surface area (Å²) in [6.45, 7) is 8.82. The number of carbonyl (C=O) groups is 2. The fourth-order valence-electron chi connectivity index (χ4n) is 4.01. The minimum Gasteiger partial charge on any atom is -0.307 e. The van der Waals surface area contributed by atoms with Crippen molar-refractivity contribution in [1.29, 1.82) is 0 Å². The largest absolute Gasteiger partial charge is 0.307 e. The molecule has 3 aromatic rings. The molecule has 1 aromatic carbocycles. The predicted octanol–water partition coefficient (Wildman–Crippen LogP) is 4.33. The molecule has 0 saturated heterocycles. The Morgan fingerprint density at radius 3 is 1.92 bits per heavy atom. The van der Waals surface area contributed by atoms with Crippen molar-refractivity contribution in [2.45, 2.75) is 65.8 Å². The lowest BCUT2D eigenvalue weighted by Crippen LogP contribution is -2.46. The van der Waals surface area contributed by atoms with E-state index in [2.05, 4.69) is 51.4 Å². The van der Waals surface area contributed by atoms with Gasteiger partial charge in [-0.1, -0.05) is 50.2 Å². The van der Waals surface area contributed by atoms with E-state index in [1.807, 2.05) is 36.4 Å². The van der Waals surface area contributed by atoms with E-state index in [1.54, 1.807) is 26.2 Å². The van der Waals surface area contributed by atoms with E-state index in [0.29, 0.717) is 32.5 Å². The Labute approximate surface area is 214 Å². The molecule has 1 N–H and O–H groups in total. The number of aromatic nitrogens is 2. The number of pyridine rings is 2. The third kappa shape index (κ3) is 8.36. The second-order valence-corrected chi connectivity index (χ2v) is 8.92. The molecule has 7 heteroatoms. The highest BCUT2D eigenvalue weighted by atomic mass is 16.2. The predicted molar refractivity (Wildman–Crippen MR) is 141 cm³/mol. The third-order valence-corrected chi connectivity index (χ3v) is 6.14. The molecule has 1 unspecified atom stereocenters. The van der Waals surface area contributed by atoms with Gasteiger partial charge < -0.3 is 5.32 Å². The van der Waals surface area contributed by atoms with Crippen LogP contribution >= 0.6 is 0 Å². The molecule has 0 radical (unpaired) electrons. The lowest BCUT2D eigenvalue weighted by Gasteiger charge is -2.32. The Hall–Kier alpha value is -3.42. The van der Waals surface area contributed by atoms with Gasteiger partial charge >= 0.3 is 0 Å². The molecule has 190 valence electrons. The summed E-state index contributed by atoms with van der Waals surface area (Å²) in [4.78, 5) is 37.5. The summed E-state index contributed by atoms with van der Waals surface area (Å²) in [5.74, 6) is -0.261. The third-order valence-electron chi connectivity index (χ3n) is 6.14. The first-order valence-corrected chi connectivity index (χ1v) is 12.7. The van der Waals surface area contributed by atoms with Crippen molar-refractivity contribution >= 4 is 11.8 Å². The molecule has 1 atom stereocenters. The highest BCUT2D eigenvalue weighted by molar-refractivity contribution is 5.95. The molecule has 0 fully saturated rings. The van der Waals surface area contributed by atoms with Crippen LogP contribution in [0.15, 0.2) is 73.1 Å². The fraction of sp³-hybridized carbons (Fsp3) is 0.379. The van der Waals surface area contributed by atoms with Gasteiger partial charge in [-0.2, -0.15) is 0 Å². The zero-order valence-corrected chi connectivity index (χ0v) is 21.6. The molecule has 0 aliphatic rings. The molecular weight excluding hydrogens is 450 g/mol.